The third-order valence-corrected chi connectivity index (χ3v) is 4.80. The Kier molecular flexibility index (Phi) is 7.60. The summed E-state index contributed by atoms with van der Waals surface area (Å²) in [6, 6.07) is 7.41. The number of imidazole rings is 1. The number of hydrogen-bond acceptors (Lipinski definition) is 8. The molecular formula is C21H28N6O4. The highest BCUT2D eigenvalue weighted by Gasteiger charge is 2.14. The van der Waals surface area contributed by atoms with Crippen LogP contribution in [0, 0.1) is 0 Å². The normalized spacial score (nSPS) is 11.0. The van der Waals surface area contributed by atoms with E-state index in [2.05, 4.69) is 27.2 Å². The molecule has 2 aromatic heterocycles. The summed E-state index contributed by atoms with van der Waals surface area (Å²) < 4.78 is 11.8. The second kappa shape index (κ2) is 10.6. The number of aromatic nitrogens is 4. The predicted octanol–water partition coefficient (Wildman–Crippen LogP) is 1.85. The Hall–Kier alpha value is -3.40. The molecule has 0 radical (unpaired) electrons. The number of benzene rings is 1. The maximum absolute atomic E-state index is 12.3. The maximum atomic E-state index is 12.3. The number of aryl methyl sites for hydroxylation is 1. The van der Waals surface area contributed by atoms with Crippen LogP contribution in [0.15, 0.2) is 29.1 Å². The average molecular weight is 428 g/mol. The number of ether oxygens (including phenoxy) is 2. The minimum atomic E-state index is -0.355. The standard InChI is InChI=1S/C21H28N6O4/c1-3-4-12-31-20-25-17(22)16-18(26-20)27(21(29)24-16)11-5-10-23-13-14-6-8-15(9-7-14)19(28)30-2/h6-9,23H,3-5,10-13H2,1-2H3,(H,24,29)(H2,22,25,26). The summed E-state index contributed by atoms with van der Waals surface area (Å²) in [4.78, 5) is 35.0. The van der Waals surface area contributed by atoms with Gasteiger partial charge in [0.2, 0.25) is 0 Å². The molecule has 0 saturated carbocycles. The van der Waals surface area contributed by atoms with Crippen LogP contribution in [0.1, 0.15) is 42.1 Å². The highest BCUT2D eigenvalue weighted by molar-refractivity contribution is 5.89. The van der Waals surface area contributed by atoms with Crippen LogP contribution in [-0.4, -0.2) is 45.7 Å². The number of hydrogen-bond donors (Lipinski definition) is 3. The number of nitrogen functional groups attached to an aromatic ring is 1. The van der Waals surface area contributed by atoms with Gasteiger partial charge in [-0.05, 0) is 37.1 Å². The number of unbranched alkanes of at least 4 members (excludes halogenated alkanes) is 1. The molecule has 1 aromatic carbocycles. The average Bonchev–Trinajstić information content (AvgIpc) is 3.09. The monoisotopic (exact) mass is 428 g/mol. The van der Waals surface area contributed by atoms with E-state index in [-0.39, 0.29) is 23.5 Å². The van der Waals surface area contributed by atoms with E-state index in [9.17, 15) is 9.59 Å². The van der Waals surface area contributed by atoms with Gasteiger partial charge in [-0.25, -0.2) is 9.59 Å². The van der Waals surface area contributed by atoms with Crippen molar-refractivity contribution in [2.45, 2.75) is 39.3 Å². The van der Waals surface area contributed by atoms with Crippen molar-refractivity contribution >= 4 is 23.0 Å². The maximum Gasteiger partial charge on any atom is 0.337 e. The predicted molar refractivity (Wildman–Crippen MR) is 117 cm³/mol. The zero-order valence-electron chi connectivity index (χ0n) is 17.8. The molecule has 0 unspecified atom stereocenters. The lowest BCUT2D eigenvalue weighted by atomic mass is 10.1. The minimum absolute atomic E-state index is 0.180. The summed E-state index contributed by atoms with van der Waals surface area (Å²) in [7, 11) is 1.36. The van der Waals surface area contributed by atoms with Crippen molar-refractivity contribution < 1.29 is 14.3 Å². The number of fused-ring (bicyclic) bond motifs is 1. The number of carbonyl (C=O) groups is 1. The number of methoxy groups -OCH3 is 1. The Bertz CT molecular complexity index is 1070. The van der Waals surface area contributed by atoms with Crippen LogP contribution < -0.4 is 21.5 Å². The summed E-state index contributed by atoms with van der Waals surface area (Å²) in [5, 5.41) is 3.33. The first-order valence-corrected chi connectivity index (χ1v) is 10.3. The van der Waals surface area contributed by atoms with Crippen molar-refractivity contribution in [3.63, 3.8) is 0 Å². The highest BCUT2D eigenvalue weighted by atomic mass is 16.5. The van der Waals surface area contributed by atoms with Crippen molar-refractivity contribution in [1.29, 1.82) is 0 Å². The van der Waals surface area contributed by atoms with Gasteiger partial charge in [0, 0.05) is 13.1 Å². The van der Waals surface area contributed by atoms with Gasteiger partial charge in [-0.2, -0.15) is 9.97 Å². The second-order valence-corrected chi connectivity index (χ2v) is 7.09. The lowest BCUT2D eigenvalue weighted by Crippen LogP contribution is -2.21. The number of H-pyrrole nitrogens is 1. The largest absolute Gasteiger partial charge is 0.465 e. The molecule has 31 heavy (non-hydrogen) atoms. The molecule has 2 heterocycles. The van der Waals surface area contributed by atoms with Gasteiger partial charge in [-0.1, -0.05) is 25.5 Å². The van der Waals surface area contributed by atoms with Crippen LogP contribution in [-0.2, 0) is 17.8 Å². The lowest BCUT2D eigenvalue weighted by Gasteiger charge is -2.08. The SMILES string of the molecule is CCCCOc1nc(N)c2[nH]c(=O)n(CCCNCc3ccc(C(=O)OC)cc3)c2n1. The molecule has 0 spiro atoms. The van der Waals surface area contributed by atoms with Gasteiger partial charge in [0.1, 0.15) is 5.52 Å². The van der Waals surface area contributed by atoms with Crippen LogP contribution in [0.3, 0.4) is 0 Å². The molecular weight excluding hydrogens is 400 g/mol. The summed E-state index contributed by atoms with van der Waals surface area (Å²) in [5.41, 5.74) is 8.12. The molecule has 3 aromatic rings. The van der Waals surface area contributed by atoms with Crippen molar-refractivity contribution in [2.24, 2.45) is 0 Å². The van der Waals surface area contributed by atoms with Crippen LogP contribution >= 0.6 is 0 Å². The van der Waals surface area contributed by atoms with Gasteiger partial charge in [-0.15, -0.1) is 0 Å². The molecule has 0 atom stereocenters. The van der Waals surface area contributed by atoms with Crippen molar-refractivity contribution in [3.8, 4) is 6.01 Å². The van der Waals surface area contributed by atoms with E-state index in [1.54, 1.807) is 16.7 Å². The molecule has 0 fully saturated rings. The Labute approximate surface area is 179 Å². The fourth-order valence-corrected chi connectivity index (χ4v) is 3.08. The quantitative estimate of drug-likeness (QED) is 0.311. The molecule has 0 bridgehead atoms. The van der Waals surface area contributed by atoms with E-state index < -0.39 is 0 Å². The Morgan fingerprint density at radius 1 is 1.23 bits per heavy atom. The number of nitrogens with zero attached hydrogens (tertiary/aromatic N) is 3. The topological polar surface area (TPSA) is 137 Å². The number of rotatable bonds is 11. The molecule has 166 valence electrons. The van der Waals surface area contributed by atoms with Gasteiger partial charge in [0.05, 0.1) is 19.3 Å². The zero-order chi connectivity index (χ0) is 22.2. The summed E-state index contributed by atoms with van der Waals surface area (Å²) >= 11 is 0. The van der Waals surface area contributed by atoms with Crippen molar-refractivity contribution in [2.75, 3.05) is 26.0 Å². The number of anilines is 1. The number of nitrogens with one attached hydrogen (secondary N) is 2. The first kappa shape index (κ1) is 22.3. The van der Waals surface area contributed by atoms with Gasteiger partial charge in [0.25, 0.3) is 0 Å². The third kappa shape index (κ3) is 5.60. The Morgan fingerprint density at radius 3 is 2.71 bits per heavy atom. The van der Waals surface area contributed by atoms with Gasteiger partial charge in [-0.3, -0.25) is 4.57 Å². The van der Waals surface area contributed by atoms with E-state index in [1.165, 1.54) is 7.11 Å². The van der Waals surface area contributed by atoms with Gasteiger partial charge < -0.3 is 25.5 Å². The number of aromatic amines is 1. The number of carbonyl (C=O) groups excluding carboxylic acids is 1. The first-order valence-electron chi connectivity index (χ1n) is 10.3. The minimum Gasteiger partial charge on any atom is -0.465 e. The highest BCUT2D eigenvalue weighted by Crippen LogP contribution is 2.18. The van der Waals surface area contributed by atoms with Crippen LogP contribution in [0.25, 0.3) is 11.2 Å². The molecule has 0 aliphatic rings. The van der Waals surface area contributed by atoms with Gasteiger partial charge in [0.15, 0.2) is 11.5 Å². The van der Waals surface area contributed by atoms with Crippen LogP contribution in [0.5, 0.6) is 6.01 Å². The molecule has 10 heteroatoms. The lowest BCUT2D eigenvalue weighted by molar-refractivity contribution is 0.0600. The third-order valence-electron chi connectivity index (χ3n) is 4.80. The smallest absolute Gasteiger partial charge is 0.337 e. The molecule has 3 rings (SSSR count). The molecule has 0 aliphatic heterocycles. The number of nitrogens with two attached hydrogens (primary N) is 1. The Morgan fingerprint density at radius 2 is 2.00 bits per heavy atom. The zero-order valence-corrected chi connectivity index (χ0v) is 17.8. The molecule has 0 amide bonds. The first-order chi connectivity index (χ1) is 15.0. The summed E-state index contributed by atoms with van der Waals surface area (Å²) in [6.07, 6.45) is 2.59. The molecule has 0 aliphatic carbocycles. The molecule has 4 N–H and O–H groups in total. The van der Waals surface area contributed by atoms with E-state index in [0.717, 1.165) is 18.4 Å². The van der Waals surface area contributed by atoms with Crippen molar-refractivity contribution in [3.05, 3.63) is 45.9 Å². The molecule has 10 nitrogen and oxygen atoms in total. The van der Waals surface area contributed by atoms with Crippen molar-refractivity contribution in [1.82, 2.24) is 24.8 Å². The Balaban J connectivity index is 1.56. The van der Waals surface area contributed by atoms with E-state index in [0.29, 0.717) is 49.4 Å². The van der Waals surface area contributed by atoms with Gasteiger partial charge >= 0.3 is 17.7 Å². The number of esters is 1. The van der Waals surface area contributed by atoms with Crippen LogP contribution in [0.4, 0.5) is 5.82 Å². The second-order valence-electron chi connectivity index (χ2n) is 7.09. The summed E-state index contributed by atoms with van der Waals surface area (Å²) in [6.45, 7) is 4.38. The van der Waals surface area contributed by atoms with E-state index in [4.69, 9.17) is 15.2 Å². The van der Waals surface area contributed by atoms with Crippen LogP contribution in [0.2, 0.25) is 0 Å². The fraction of sp³-hybridized carbons (Fsp3) is 0.429. The van der Waals surface area contributed by atoms with E-state index in [1.807, 2.05) is 12.1 Å². The fourth-order valence-electron chi connectivity index (χ4n) is 3.08. The molecule has 0 saturated heterocycles. The van der Waals surface area contributed by atoms with E-state index >= 15 is 0 Å². The summed E-state index contributed by atoms with van der Waals surface area (Å²) in [5.74, 6) is -0.159.